The smallest absolute Gasteiger partial charge is 0.390 e. The van der Waals surface area contributed by atoms with Crippen LogP contribution < -0.4 is 5.76 Å². The van der Waals surface area contributed by atoms with Crippen molar-refractivity contribution in [3.63, 3.8) is 0 Å². The number of aromatic nitrogens is 3. The van der Waals surface area contributed by atoms with Crippen LogP contribution in [-0.2, 0) is 19.5 Å². The van der Waals surface area contributed by atoms with Crippen molar-refractivity contribution in [2.24, 2.45) is 4.99 Å². The molecule has 0 saturated heterocycles. The molecule has 3 aromatic rings. The Morgan fingerprint density at radius 3 is 2.72 bits per heavy atom. The first-order valence-corrected chi connectivity index (χ1v) is 9.26. The standard InChI is InChI=1S/C20H20ClN5O3/c1-13-8-10-23-18(22-2)17(13)19(27)25(3)12-16-24-26(20(28)29-16)11-9-14-4-6-15(21)7-5-14/h4-8,10H,2,9,11-12H2,1,3H3. The van der Waals surface area contributed by atoms with E-state index >= 15 is 0 Å². The summed E-state index contributed by atoms with van der Waals surface area (Å²) in [4.78, 5) is 34.2. The van der Waals surface area contributed by atoms with Crippen molar-refractivity contribution < 1.29 is 9.21 Å². The average Bonchev–Trinajstić information content (AvgIpc) is 3.05. The van der Waals surface area contributed by atoms with Crippen molar-refractivity contribution in [2.75, 3.05) is 7.05 Å². The molecule has 0 aliphatic heterocycles. The molecule has 0 aliphatic carbocycles. The largest absolute Gasteiger partial charge is 0.437 e. The number of benzene rings is 1. The van der Waals surface area contributed by atoms with Gasteiger partial charge in [-0.3, -0.25) is 4.79 Å². The Kier molecular flexibility index (Phi) is 6.23. The molecule has 0 unspecified atom stereocenters. The highest BCUT2D eigenvalue weighted by Crippen LogP contribution is 2.21. The van der Waals surface area contributed by atoms with Crippen LogP contribution in [0.2, 0.25) is 5.02 Å². The van der Waals surface area contributed by atoms with Gasteiger partial charge in [0.15, 0.2) is 5.82 Å². The molecule has 0 atom stereocenters. The molecule has 0 N–H and O–H groups in total. The summed E-state index contributed by atoms with van der Waals surface area (Å²) in [6.45, 7) is 5.64. The number of aliphatic imine (C=N–C) groups is 1. The molecule has 8 nitrogen and oxygen atoms in total. The van der Waals surface area contributed by atoms with Gasteiger partial charge in [0.05, 0.1) is 18.7 Å². The van der Waals surface area contributed by atoms with Crippen LogP contribution in [0.15, 0.2) is 50.7 Å². The molecule has 29 heavy (non-hydrogen) atoms. The predicted octanol–water partition coefficient (Wildman–Crippen LogP) is 3.04. The summed E-state index contributed by atoms with van der Waals surface area (Å²) in [5.41, 5.74) is 2.11. The van der Waals surface area contributed by atoms with Gasteiger partial charge >= 0.3 is 5.76 Å². The highest BCUT2D eigenvalue weighted by Gasteiger charge is 2.21. The summed E-state index contributed by atoms with van der Waals surface area (Å²) in [6, 6.07) is 9.09. The van der Waals surface area contributed by atoms with Crippen LogP contribution in [0.5, 0.6) is 0 Å². The van der Waals surface area contributed by atoms with Crippen molar-refractivity contribution in [3.8, 4) is 0 Å². The van der Waals surface area contributed by atoms with Crippen LogP contribution in [0.25, 0.3) is 0 Å². The second-order valence-electron chi connectivity index (χ2n) is 6.51. The summed E-state index contributed by atoms with van der Waals surface area (Å²) in [6.07, 6.45) is 2.17. The molecule has 2 heterocycles. The van der Waals surface area contributed by atoms with Gasteiger partial charge < -0.3 is 9.32 Å². The zero-order chi connectivity index (χ0) is 21.0. The molecule has 0 fully saturated rings. The van der Waals surface area contributed by atoms with Crippen molar-refractivity contribution >= 4 is 30.0 Å². The Labute approximate surface area is 172 Å². The first-order chi connectivity index (χ1) is 13.9. The fourth-order valence-corrected chi connectivity index (χ4v) is 2.96. The van der Waals surface area contributed by atoms with E-state index in [0.29, 0.717) is 23.6 Å². The third kappa shape index (κ3) is 4.78. The fraction of sp³-hybridized carbons (Fsp3) is 0.250. The summed E-state index contributed by atoms with van der Waals surface area (Å²) < 4.78 is 6.44. The molecular weight excluding hydrogens is 394 g/mol. The van der Waals surface area contributed by atoms with Crippen LogP contribution >= 0.6 is 11.6 Å². The molecule has 0 spiro atoms. The van der Waals surface area contributed by atoms with Gasteiger partial charge in [-0.05, 0) is 49.4 Å². The molecule has 2 aromatic heterocycles. The lowest BCUT2D eigenvalue weighted by Crippen LogP contribution is -2.27. The molecule has 9 heteroatoms. The number of amides is 1. The average molecular weight is 414 g/mol. The van der Waals surface area contributed by atoms with E-state index in [9.17, 15) is 9.59 Å². The Balaban J connectivity index is 1.70. The lowest BCUT2D eigenvalue weighted by atomic mass is 10.1. The van der Waals surface area contributed by atoms with Gasteiger partial charge in [0.1, 0.15) is 0 Å². The van der Waals surface area contributed by atoms with Crippen LogP contribution in [0.1, 0.15) is 27.4 Å². The molecule has 0 aliphatic rings. The Morgan fingerprint density at radius 2 is 2.03 bits per heavy atom. The van der Waals surface area contributed by atoms with Gasteiger partial charge in [-0.25, -0.2) is 14.8 Å². The normalized spacial score (nSPS) is 10.7. The number of aryl methyl sites for hydroxylation is 3. The third-order valence-corrected chi connectivity index (χ3v) is 4.65. The number of carbonyl (C=O) groups excluding carboxylic acids is 1. The quantitative estimate of drug-likeness (QED) is 0.555. The van der Waals surface area contributed by atoms with E-state index in [1.54, 1.807) is 38.4 Å². The molecule has 1 aromatic carbocycles. The number of hydrogen-bond donors (Lipinski definition) is 0. The Hall–Kier alpha value is -3.26. The van der Waals surface area contributed by atoms with E-state index in [4.69, 9.17) is 16.0 Å². The molecule has 1 amide bonds. The zero-order valence-electron chi connectivity index (χ0n) is 16.1. The van der Waals surface area contributed by atoms with Crippen molar-refractivity contribution in [3.05, 3.63) is 74.7 Å². The van der Waals surface area contributed by atoms with E-state index in [0.717, 1.165) is 11.1 Å². The highest BCUT2D eigenvalue weighted by molar-refractivity contribution is 6.30. The van der Waals surface area contributed by atoms with E-state index < -0.39 is 5.76 Å². The van der Waals surface area contributed by atoms with E-state index in [-0.39, 0.29) is 24.2 Å². The second-order valence-corrected chi connectivity index (χ2v) is 6.94. The zero-order valence-corrected chi connectivity index (χ0v) is 16.9. The molecule has 3 rings (SSSR count). The first kappa shape index (κ1) is 20.5. The maximum absolute atomic E-state index is 12.8. The minimum atomic E-state index is -0.569. The number of nitrogens with zero attached hydrogens (tertiary/aromatic N) is 5. The third-order valence-electron chi connectivity index (χ3n) is 4.40. The molecule has 0 saturated carbocycles. The number of pyridine rings is 1. The lowest BCUT2D eigenvalue weighted by molar-refractivity contribution is 0.0772. The topological polar surface area (TPSA) is 93.6 Å². The van der Waals surface area contributed by atoms with Crippen LogP contribution in [0, 0.1) is 6.92 Å². The molecule has 0 radical (unpaired) electrons. The van der Waals surface area contributed by atoms with Gasteiger partial charge in [0.25, 0.3) is 5.91 Å². The van der Waals surface area contributed by atoms with Crippen LogP contribution in [0.3, 0.4) is 0 Å². The van der Waals surface area contributed by atoms with E-state index in [2.05, 4.69) is 21.8 Å². The van der Waals surface area contributed by atoms with Crippen LogP contribution in [0.4, 0.5) is 5.82 Å². The van der Waals surface area contributed by atoms with Gasteiger partial charge in [0.2, 0.25) is 5.89 Å². The lowest BCUT2D eigenvalue weighted by Gasteiger charge is -2.17. The Morgan fingerprint density at radius 1 is 1.31 bits per heavy atom. The molecule has 0 bridgehead atoms. The first-order valence-electron chi connectivity index (χ1n) is 8.88. The fourth-order valence-electron chi connectivity index (χ4n) is 2.83. The Bertz CT molecular complexity index is 1090. The van der Waals surface area contributed by atoms with Gasteiger partial charge in [-0.1, -0.05) is 23.7 Å². The van der Waals surface area contributed by atoms with E-state index in [1.165, 1.54) is 9.58 Å². The minimum Gasteiger partial charge on any atom is -0.390 e. The summed E-state index contributed by atoms with van der Waals surface area (Å²) in [7, 11) is 1.59. The maximum atomic E-state index is 12.8. The number of carbonyl (C=O) groups is 1. The minimum absolute atomic E-state index is 0.0347. The predicted molar refractivity (Wildman–Crippen MR) is 110 cm³/mol. The monoisotopic (exact) mass is 413 g/mol. The van der Waals surface area contributed by atoms with Gasteiger partial charge in [0, 0.05) is 18.3 Å². The van der Waals surface area contributed by atoms with Crippen molar-refractivity contribution in [1.29, 1.82) is 0 Å². The van der Waals surface area contributed by atoms with E-state index in [1.807, 2.05) is 12.1 Å². The van der Waals surface area contributed by atoms with Crippen LogP contribution in [-0.4, -0.2) is 39.3 Å². The van der Waals surface area contributed by atoms with Crippen molar-refractivity contribution in [2.45, 2.75) is 26.4 Å². The SMILES string of the molecule is C=Nc1nccc(C)c1C(=O)N(C)Cc1nn(CCc2ccc(Cl)cc2)c(=O)o1. The number of rotatable bonds is 7. The number of hydrogen-bond acceptors (Lipinski definition) is 6. The summed E-state index contributed by atoms with van der Waals surface area (Å²) in [5, 5.41) is 4.84. The summed E-state index contributed by atoms with van der Waals surface area (Å²) in [5.74, 6) is -0.467. The molecule has 150 valence electrons. The maximum Gasteiger partial charge on any atom is 0.437 e. The molecular formula is C20H20ClN5O3. The van der Waals surface area contributed by atoms with Gasteiger partial charge in [-0.15, -0.1) is 5.10 Å². The highest BCUT2D eigenvalue weighted by atomic mass is 35.5. The summed E-state index contributed by atoms with van der Waals surface area (Å²) >= 11 is 5.88. The second kappa shape index (κ2) is 8.83. The van der Waals surface area contributed by atoms with Crippen molar-refractivity contribution in [1.82, 2.24) is 19.7 Å². The van der Waals surface area contributed by atoms with Gasteiger partial charge in [-0.2, -0.15) is 4.68 Å². The number of halogens is 1.